The summed E-state index contributed by atoms with van der Waals surface area (Å²) >= 11 is 0. The quantitative estimate of drug-likeness (QED) is 0.400. The van der Waals surface area contributed by atoms with Gasteiger partial charge in [0.05, 0.1) is 10.6 Å². The number of nitrogens with zero attached hydrogens (tertiary/aromatic N) is 4. The second kappa shape index (κ2) is 9.51. The number of anilines is 2. The second-order valence-corrected chi connectivity index (χ2v) is 9.38. The molecule has 4 aromatic rings. The zero-order chi connectivity index (χ0) is 25.1. The summed E-state index contributed by atoms with van der Waals surface area (Å²) in [6, 6.07) is 22.3. The van der Waals surface area contributed by atoms with Crippen LogP contribution < -0.4 is 9.62 Å². The molecular formula is C26H18FN5O3S. The number of amidine groups is 1. The third-order valence-electron chi connectivity index (χ3n) is 5.26. The van der Waals surface area contributed by atoms with Crippen LogP contribution in [0.2, 0.25) is 0 Å². The maximum Gasteiger partial charge on any atom is 0.282 e. The van der Waals surface area contributed by atoms with Gasteiger partial charge in [0, 0.05) is 18.0 Å². The number of amides is 1. The van der Waals surface area contributed by atoms with E-state index in [1.165, 1.54) is 53.7 Å². The van der Waals surface area contributed by atoms with Crippen LogP contribution in [-0.4, -0.2) is 30.1 Å². The molecule has 1 aliphatic heterocycles. The van der Waals surface area contributed by atoms with Crippen LogP contribution in [-0.2, 0) is 14.8 Å². The number of aromatic nitrogens is 2. The molecule has 0 unspecified atom stereocenters. The number of carbonyl (C=O) groups excluding carboxylic acids is 1. The fourth-order valence-corrected chi connectivity index (χ4v) is 4.52. The maximum absolute atomic E-state index is 13.4. The van der Waals surface area contributed by atoms with Crippen molar-refractivity contribution in [2.24, 2.45) is 4.99 Å². The summed E-state index contributed by atoms with van der Waals surface area (Å²) < 4.78 is 41.1. The molecule has 8 nitrogen and oxygen atoms in total. The van der Waals surface area contributed by atoms with Crippen LogP contribution in [0.5, 0.6) is 0 Å². The lowest BCUT2D eigenvalue weighted by Crippen LogP contribution is -2.32. The second-order valence-electron chi connectivity index (χ2n) is 7.69. The van der Waals surface area contributed by atoms with E-state index in [1.54, 1.807) is 24.3 Å². The van der Waals surface area contributed by atoms with Crippen LogP contribution in [0.1, 0.15) is 11.1 Å². The van der Waals surface area contributed by atoms with Gasteiger partial charge < -0.3 is 0 Å². The number of nitrogens with one attached hydrogen (secondary N) is 1. The lowest BCUT2D eigenvalue weighted by molar-refractivity contribution is -0.113. The van der Waals surface area contributed by atoms with Crippen molar-refractivity contribution >= 4 is 39.5 Å². The van der Waals surface area contributed by atoms with Crippen molar-refractivity contribution < 1.29 is 17.6 Å². The monoisotopic (exact) mass is 499 g/mol. The Kier molecular flexibility index (Phi) is 6.09. The Bertz CT molecular complexity index is 1570. The molecule has 1 N–H and O–H groups in total. The Labute approximate surface area is 206 Å². The lowest BCUT2D eigenvalue weighted by atomic mass is 10.1. The largest absolute Gasteiger partial charge is 0.282 e. The third-order valence-corrected chi connectivity index (χ3v) is 6.61. The highest BCUT2D eigenvalue weighted by Gasteiger charge is 2.32. The Morgan fingerprint density at radius 3 is 2.17 bits per heavy atom. The number of aliphatic imine (C=N–C) groups is 1. The number of benzene rings is 3. The van der Waals surface area contributed by atoms with Gasteiger partial charge in [-0.05, 0) is 54.1 Å². The summed E-state index contributed by atoms with van der Waals surface area (Å²) in [6.45, 7) is 0. The van der Waals surface area contributed by atoms with Gasteiger partial charge in [0.25, 0.3) is 15.9 Å². The van der Waals surface area contributed by atoms with Gasteiger partial charge >= 0.3 is 0 Å². The fourth-order valence-electron chi connectivity index (χ4n) is 3.56. The third kappa shape index (κ3) is 4.75. The lowest BCUT2D eigenvalue weighted by Gasteiger charge is -2.19. The van der Waals surface area contributed by atoms with E-state index in [0.29, 0.717) is 22.6 Å². The van der Waals surface area contributed by atoms with Crippen molar-refractivity contribution in [2.45, 2.75) is 4.90 Å². The number of sulfonamides is 1. The average Bonchev–Trinajstić information content (AvgIpc) is 3.22. The first kappa shape index (κ1) is 23.1. The van der Waals surface area contributed by atoms with Gasteiger partial charge in [-0.1, -0.05) is 42.5 Å². The Morgan fingerprint density at radius 1 is 0.833 bits per heavy atom. The van der Waals surface area contributed by atoms with Crippen LogP contribution in [0, 0.1) is 5.82 Å². The predicted molar refractivity (Wildman–Crippen MR) is 134 cm³/mol. The van der Waals surface area contributed by atoms with Gasteiger partial charge in [-0.3, -0.25) is 9.69 Å². The Morgan fingerprint density at radius 2 is 1.50 bits per heavy atom. The minimum Gasteiger partial charge on any atom is -0.266 e. The first-order valence-electron chi connectivity index (χ1n) is 10.8. The molecule has 0 atom stereocenters. The molecule has 36 heavy (non-hydrogen) atoms. The van der Waals surface area contributed by atoms with E-state index in [1.807, 2.05) is 30.3 Å². The summed E-state index contributed by atoms with van der Waals surface area (Å²) in [5, 5.41) is 0. The zero-order valence-corrected chi connectivity index (χ0v) is 19.4. The van der Waals surface area contributed by atoms with E-state index in [9.17, 15) is 17.6 Å². The molecule has 0 saturated heterocycles. The molecule has 3 aromatic carbocycles. The minimum absolute atomic E-state index is 0.0226. The Hall–Kier alpha value is -4.70. The Balaban J connectivity index is 1.49. The normalized spacial score (nSPS) is 14.7. The van der Waals surface area contributed by atoms with Gasteiger partial charge in [-0.15, -0.1) is 0 Å². The molecular weight excluding hydrogens is 481 g/mol. The highest BCUT2D eigenvalue weighted by Crippen LogP contribution is 2.29. The maximum atomic E-state index is 13.4. The minimum atomic E-state index is -3.94. The highest BCUT2D eigenvalue weighted by atomic mass is 32.2. The molecule has 1 aliphatic rings. The van der Waals surface area contributed by atoms with E-state index in [2.05, 4.69) is 19.7 Å². The van der Waals surface area contributed by atoms with Gasteiger partial charge in [0.1, 0.15) is 17.3 Å². The fraction of sp³-hybridized carbons (Fsp3) is 0. The van der Waals surface area contributed by atoms with Crippen LogP contribution in [0.3, 0.4) is 0 Å². The summed E-state index contributed by atoms with van der Waals surface area (Å²) in [5.41, 5.74) is 1.92. The summed E-state index contributed by atoms with van der Waals surface area (Å²) in [4.78, 5) is 27.1. The van der Waals surface area contributed by atoms with Crippen LogP contribution in [0.15, 0.2) is 113 Å². The molecule has 0 spiro atoms. The van der Waals surface area contributed by atoms with E-state index >= 15 is 0 Å². The van der Waals surface area contributed by atoms with Crippen LogP contribution >= 0.6 is 0 Å². The standard InChI is InChI=1S/C26H18FN5O3S/c27-20-9-7-18(8-10-20)17-23-25(33)32(24(30-23)19-5-2-1-3-6-19)21-11-13-22(14-12-21)36(34,35)31-26-28-15-4-16-29-26/h1-17H,(H,28,29,31)/b23-17-. The van der Waals surface area contributed by atoms with E-state index in [4.69, 9.17) is 0 Å². The SMILES string of the molecule is O=C1/C(=C/c2ccc(F)cc2)N=C(c2ccccc2)N1c1ccc(S(=O)(=O)Nc2ncccn2)cc1. The van der Waals surface area contributed by atoms with E-state index < -0.39 is 15.9 Å². The number of halogens is 1. The smallest absolute Gasteiger partial charge is 0.266 e. The number of rotatable bonds is 6. The molecule has 2 heterocycles. The van der Waals surface area contributed by atoms with Crippen LogP contribution in [0.4, 0.5) is 16.0 Å². The predicted octanol–water partition coefficient (Wildman–Crippen LogP) is 4.25. The van der Waals surface area contributed by atoms with Crippen molar-refractivity contribution in [3.8, 4) is 0 Å². The zero-order valence-electron chi connectivity index (χ0n) is 18.6. The van der Waals surface area contributed by atoms with Gasteiger partial charge in [0.2, 0.25) is 5.95 Å². The molecule has 5 rings (SSSR count). The molecule has 0 saturated carbocycles. The molecule has 1 aromatic heterocycles. The molecule has 178 valence electrons. The highest BCUT2D eigenvalue weighted by molar-refractivity contribution is 7.92. The van der Waals surface area contributed by atoms with Crippen molar-refractivity contribution in [2.75, 3.05) is 9.62 Å². The number of hydrogen-bond acceptors (Lipinski definition) is 6. The summed E-state index contributed by atoms with van der Waals surface area (Å²) in [7, 11) is -3.94. The topological polar surface area (TPSA) is 105 Å². The van der Waals surface area contributed by atoms with E-state index in [0.717, 1.165) is 0 Å². The van der Waals surface area contributed by atoms with Crippen molar-refractivity contribution in [3.05, 3.63) is 120 Å². The van der Waals surface area contributed by atoms with Gasteiger partial charge in [-0.25, -0.2) is 32.5 Å². The first-order valence-corrected chi connectivity index (χ1v) is 12.2. The summed E-state index contributed by atoms with van der Waals surface area (Å²) in [5.74, 6) is -0.441. The summed E-state index contributed by atoms with van der Waals surface area (Å²) in [6.07, 6.45) is 4.43. The van der Waals surface area contributed by atoms with Gasteiger partial charge in [-0.2, -0.15) is 0 Å². The molecule has 0 fully saturated rings. The average molecular weight is 500 g/mol. The van der Waals surface area contributed by atoms with Crippen molar-refractivity contribution in [1.82, 2.24) is 9.97 Å². The van der Waals surface area contributed by atoms with Crippen molar-refractivity contribution in [3.63, 3.8) is 0 Å². The van der Waals surface area contributed by atoms with E-state index in [-0.39, 0.29) is 22.4 Å². The molecule has 10 heteroatoms. The van der Waals surface area contributed by atoms with Crippen molar-refractivity contribution in [1.29, 1.82) is 0 Å². The number of carbonyl (C=O) groups is 1. The molecule has 0 radical (unpaired) electrons. The first-order chi connectivity index (χ1) is 17.4. The number of hydrogen-bond donors (Lipinski definition) is 1. The molecule has 1 amide bonds. The molecule has 0 bridgehead atoms. The van der Waals surface area contributed by atoms with Crippen LogP contribution in [0.25, 0.3) is 6.08 Å². The molecule has 0 aliphatic carbocycles. The van der Waals surface area contributed by atoms with Gasteiger partial charge in [0.15, 0.2) is 0 Å².